The molecule has 1 saturated heterocycles. The first kappa shape index (κ1) is 19.4. The maximum absolute atomic E-state index is 13.1. The van der Waals surface area contributed by atoms with Gasteiger partial charge in [-0.1, -0.05) is 25.1 Å². The van der Waals surface area contributed by atoms with Crippen molar-refractivity contribution in [2.45, 2.75) is 20.3 Å². The van der Waals surface area contributed by atoms with E-state index in [0.717, 1.165) is 16.9 Å². The van der Waals surface area contributed by atoms with Crippen LogP contribution in [-0.2, 0) is 16.0 Å². The third kappa shape index (κ3) is 4.67. The molecule has 0 aliphatic carbocycles. The summed E-state index contributed by atoms with van der Waals surface area (Å²) in [6.07, 6.45) is 0.740. The number of carbonyl (C=O) groups excluding carboxylic acids is 2. The summed E-state index contributed by atoms with van der Waals surface area (Å²) >= 11 is 1.44. The number of para-hydroxylation sites is 1. The second kappa shape index (κ2) is 9.01. The zero-order valence-corrected chi connectivity index (χ0v) is 16.4. The molecular weight excluding hydrogens is 364 g/mol. The van der Waals surface area contributed by atoms with Gasteiger partial charge >= 0.3 is 0 Å². The van der Waals surface area contributed by atoms with Crippen LogP contribution in [0.2, 0.25) is 0 Å². The van der Waals surface area contributed by atoms with Gasteiger partial charge in [-0.2, -0.15) is 0 Å². The molecule has 0 atom stereocenters. The molecule has 1 fully saturated rings. The molecule has 0 saturated carbocycles. The van der Waals surface area contributed by atoms with Gasteiger partial charge < -0.3 is 19.7 Å². The maximum atomic E-state index is 13.1. The van der Waals surface area contributed by atoms with Gasteiger partial charge in [-0.3, -0.25) is 9.59 Å². The quantitative estimate of drug-likeness (QED) is 0.826. The molecule has 0 bridgehead atoms. The number of hydrogen-bond acceptors (Lipinski definition) is 5. The number of morpholine rings is 1. The van der Waals surface area contributed by atoms with Crippen LogP contribution in [0.25, 0.3) is 0 Å². The first-order chi connectivity index (χ1) is 13.1. The van der Waals surface area contributed by atoms with Crippen LogP contribution in [0.4, 0.5) is 5.00 Å². The van der Waals surface area contributed by atoms with E-state index in [-0.39, 0.29) is 18.4 Å². The number of ether oxygens (including phenoxy) is 2. The minimum absolute atomic E-state index is 0.0428. The average molecular weight is 388 g/mol. The van der Waals surface area contributed by atoms with E-state index in [4.69, 9.17) is 9.47 Å². The van der Waals surface area contributed by atoms with Crippen molar-refractivity contribution in [2.75, 3.05) is 38.2 Å². The topological polar surface area (TPSA) is 67.9 Å². The zero-order valence-electron chi connectivity index (χ0n) is 15.6. The number of amides is 2. The molecule has 2 heterocycles. The predicted octanol–water partition coefficient (Wildman–Crippen LogP) is 3.11. The number of hydrogen-bond donors (Lipinski definition) is 1. The Morgan fingerprint density at radius 1 is 1.22 bits per heavy atom. The van der Waals surface area contributed by atoms with E-state index in [0.29, 0.717) is 42.6 Å². The molecule has 7 heteroatoms. The van der Waals surface area contributed by atoms with E-state index in [1.165, 1.54) is 11.3 Å². The number of rotatable bonds is 6. The van der Waals surface area contributed by atoms with Crippen molar-refractivity contribution in [3.63, 3.8) is 0 Å². The summed E-state index contributed by atoms with van der Waals surface area (Å²) in [5.74, 6) is 0.312. The summed E-state index contributed by atoms with van der Waals surface area (Å²) in [5, 5.41) is 3.47. The Hall–Kier alpha value is -2.38. The molecule has 2 amide bonds. The summed E-state index contributed by atoms with van der Waals surface area (Å²) in [7, 11) is 0. The summed E-state index contributed by atoms with van der Waals surface area (Å²) in [4.78, 5) is 28.3. The van der Waals surface area contributed by atoms with Gasteiger partial charge in [0.1, 0.15) is 10.8 Å². The molecule has 0 radical (unpaired) electrons. The first-order valence-corrected chi connectivity index (χ1v) is 9.88. The van der Waals surface area contributed by atoms with Crippen LogP contribution in [0.5, 0.6) is 5.75 Å². The van der Waals surface area contributed by atoms with Gasteiger partial charge in [0.15, 0.2) is 6.61 Å². The van der Waals surface area contributed by atoms with Crippen molar-refractivity contribution >= 4 is 28.2 Å². The molecule has 0 spiro atoms. The molecular formula is C20H24N2O4S. The fourth-order valence-corrected chi connectivity index (χ4v) is 4.22. The van der Waals surface area contributed by atoms with Gasteiger partial charge in [0.05, 0.1) is 18.8 Å². The highest BCUT2D eigenvalue weighted by Crippen LogP contribution is 2.34. The monoisotopic (exact) mass is 388 g/mol. The lowest BCUT2D eigenvalue weighted by molar-refractivity contribution is -0.118. The Balaban J connectivity index is 1.74. The summed E-state index contributed by atoms with van der Waals surface area (Å²) < 4.78 is 10.8. The number of nitrogens with one attached hydrogen (secondary N) is 1. The largest absolute Gasteiger partial charge is 0.484 e. The van der Waals surface area contributed by atoms with Crippen LogP contribution in [-0.4, -0.2) is 49.6 Å². The molecule has 1 aliphatic rings. The van der Waals surface area contributed by atoms with Crippen LogP contribution in [0.3, 0.4) is 0 Å². The van der Waals surface area contributed by atoms with E-state index in [1.54, 1.807) is 17.0 Å². The lowest BCUT2D eigenvalue weighted by Crippen LogP contribution is -2.41. The third-order valence-electron chi connectivity index (χ3n) is 4.44. The van der Waals surface area contributed by atoms with Crippen molar-refractivity contribution in [1.29, 1.82) is 0 Å². The molecule has 6 nitrogen and oxygen atoms in total. The van der Waals surface area contributed by atoms with Crippen molar-refractivity contribution in [3.05, 3.63) is 46.3 Å². The van der Waals surface area contributed by atoms with Crippen molar-refractivity contribution < 1.29 is 19.1 Å². The second-order valence-corrected chi connectivity index (χ2v) is 7.47. The molecule has 144 valence electrons. The highest BCUT2D eigenvalue weighted by atomic mass is 32.1. The van der Waals surface area contributed by atoms with Gasteiger partial charge in [-0.15, -0.1) is 11.3 Å². The molecule has 0 unspecified atom stereocenters. The number of thiophene rings is 1. The molecule has 1 aromatic heterocycles. The highest BCUT2D eigenvalue weighted by Gasteiger charge is 2.27. The molecule has 2 aromatic rings. The average Bonchev–Trinajstić information content (AvgIpc) is 3.02. The van der Waals surface area contributed by atoms with Crippen LogP contribution in [0.1, 0.15) is 27.7 Å². The smallest absolute Gasteiger partial charge is 0.262 e. The molecule has 1 aliphatic heterocycles. The third-order valence-corrected chi connectivity index (χ3v) is 5.50. The zero-order chi connectivity index (χ0) is 19.2. The number of anilines is 1. The number of aryl methyl sites for hydroxylation is 1. The Morgan fingerprint density at radius 3 is 2.59 bits per heavy atom. The van der Waals surface area contributed by atoms with E-state index >= 15 is 0 Å². The van der Waals surface area contributed by atoms with E-state index < -0.39 is 0 Å². The van der Waals surface area contributed by atoms with Gasteiger partial charge in [0.2, 0.25) is 0 Å². The lowest BCUT2D eigenvalue weighted by Gasteiger charge is -2.27. The van der Waals surface area contributed by atoms with Crippen molar-refractivity contribution in [1.82, 2.24) is 4.90 Å². The van der Waals surface area contributed by atoms with Crippen molar-refractivity contribution in [3.8, 4) is 5.75 Å². The molecule has 1 aromatic carbocycles. The van der Waals surface area contributed by atoms with Crippen molar-refractivity contribution in [2.24, 2.45) is 0 Å². The Bertz CT molecular complexity index is 798. The standard InChI is InChI=1S/C20H24N2O4S/c1-3-16-14(2)27-19(18(16)20(24)22-9-11-25-12-10-22)21-17(23)13-26-15-7-5-4-6-8-15/h4-8H,3,9-13H2,1-2H3,(H,21,23). The summed E-state index contributed by atoms with van der Waals surface area (Å²) in [6, 6.07) is 9.18. The second-order valence-electron chi connectivity index (χ2n) is 6.25. The highest BCUT2D eigenvalue weighted by molar-refractivity contribution is 7.16. The van der Waals surface area contributed by atoms with Crippen LogP contribution in [0, 0.1) is 6.92 Å². The Labute approximate surface area is 163 Å². The van der Waals surface area contributed by atoms with Crippen LogP contribution in [0.15, 0.2) is 30.3 Å². The molecule has 27 heavy (non-hydrogen) atoms. The fraction of sp³-hybridized carbons (Fsp3) is 0.400. The lowest BCUT2D eigenvalue weighted by atomic mass is 10.1. The predicted molar refractivity (Wildman–Crippen MR) is 106 cm³/mol. The first-order valence-electron chi connectivity index (χ1n) is 9.07. The Morgan fingerprint density at radius 2 is 1.93 bits per heavy atom. The number of benzene rings is 1. The van der Waals surface area contributed by atoms with E-state index in [2.05, 4.69) is 5.32 Å². The molecule has 1 N–H and O–H groups in total. The molecule has 3 rings (SSSR count). The maximum Gasteiger partial charge on any atom is 0.262 e. The van der Waals surface area contributed by atoms with E-state index in [1.807, 2.05) is 32.0 Å². The van der Waals surface area contributed by atoms with Gasteiger partial charge in [-0.05, 0) is 31.0 Å². The van der Waals surface area contributed by atoms with E-state index in [9.17, 15) is 9.59 Å². The van der Waals surface area contributed by atoms with Gasteiger partial charge in [0, 0.05) is 18.0 Å². The van der Waals surface area contributed by atoms with Crippen LogP contribution < -0.4 is 10.1 Å². The fourth-order valence-electron chi connectivity index (χ4n) is 3.07. The summed E-state index contributed by atoms with van der Waals surface area (Å²) in [6.45, 7) is 6.13. The SMILES string of the molecule is CCc1c(C)sc(NC(=O)COc2ccccc2)c1C(=O)N1CCOCC1. The summed E-state index contributed by atoms with van der Waals surface area (Å²) in [5.41, 5.74) is 1.60. The number of nitrogens with zero attached hydrogens (tertiary/aromatic N) is 1. The van der Waals surface area contributed by atoms with Crippen LogP contribution >= 0.6 is 11.3 Å². The van der Waals surface area contributed by atoms with Gasteiger partial charge in [0.25, 0.3) is 11.8 Å². The minimum Gasteiger partial charge on any atom is -0.484 e. The normalized spacial score (nSPS) is 14.1. The minimum atomic E-state index is -0.279. The number of carbonyl (C=O) groups is 2. The van der Waals surface area contributed by atoms with Gasteiger partial charge in [-0.25, -0.2) is 0 Å². The Kier molecular flexibility index (Phi) is 6.47.